The molecule has 4 nitrogen and oxygen atoms in total. The van der Waals surface area contributed by atoms with Crippen molar-refractivity contribution in [1.82, 2.24) is 9.88 Å². The highest BCUT2D eigenvalue weighted by Gasteiger charge is 2.49. The van der Waals surface area contributed by atoms with E-state index in [-0.39, 0.29) is 5.41 Å². The van der Waals surface area contributed by atoms with Gasteiger partial charge in [0.1, 0.15) is 0 Å². The van der Waals surface area contributed by atoms with E-state index < -0.39 is 0 Å². The lowest BCUT2D eigenvalue weighted by atomic mass is 9.77. The molecule has 1 amide bonds. The minimum Gasteiger partial charge on any atom is -0.347 e. The van der Waals surface area contributed by atoms with Crippen molar-refractivity contribution in [2.75, 3.05) is 31.1 Å². The summed E-state index contributed by atoms with van der Waals surface area (Å²) in [5.41, 5.74) is 0.921. The Bertz CT molecular complexity index is 766. The van der Waals surface area contributed by atoms with Gasteiger partial charge in [-0.2, -0.15) is 0 Å². The third kappa shape index (κ3) is 2.64. The summed E-state index contributed by atoms with van der Waals surface area (Å²) >= 11 is 1.76. The molecule has 1 atom stereocenters. The van der Waals surface area contributed by atoms with Crippen LogP contribution in [0.15, 0.2) is 24.3 Å². The average molecular weight is 356 g/mol. The molecule has 132 valence electrons. The molecule has 25 heavy (non-hydrogen) atoms. The molecule has 2 saturated heterocycles. The number of anilines is 1. The van der Waals surface area contributed by atoms with Crippen molar-refractivity contribution in [3.63, 3.8) is 0 Å². The SMILES string of the molecule is O=C1N(CC2CCC2)CCC[C@]12CCN(c1nc3ccccc3s1)C2. The van der Waals surface area contributed by atoms with Gasteiger partial charge in [-0.25, -0.2) is 4.98 Å². The number of benzene rings is 1. The molecule has 1 saturated carbocycles. The summed E-state index contributed by atoms with van der Waals surface area (Å²) in [7, 11) is 0. The zero-order valence-corrected chi connectivity index (χ0v) is 15.4. The molecular weight excluding hydrogens is 330 g/mol. The van der Waals surface area contributed by atoms with Gasteiger partial charge in [-0.3, -0.25) is 4.79 Å². The third-order valence-corrected chi connectivity index (χ3v) is 7.53. The van der Waals surface area contributed by atoms with Gasteiger partial charge in [0, 0.05) is 26.2 Å². The van der Waals surface area contributed by atoms with Gasteiger partial charge < -0.3 is 9.80 Å². The Morgan fingerprint density at radius 1 is 1.16 bits per heavy atom. The minimum absolute atomic E-state index is 0.153. The molecule has 1 aromatic carbocycles. The number of thiazole rings is 1. The summed E-state index contributed by atoms with van der Waals surface area (Å²) < 4.78 is 1.24. The number of fused-ring (bicyclic) bond motifs is 1. The van der Waals surface area contributed by atoms with Crippen molar-refractivity contribution in [2.45, 2.75) is 38.5 Å². The lowest BCUT2D eigenvalue weighted by molar-refractivity contribution is -0.146. The summed E-state index contributed by atoms with van der Waals surface area (Å²) in [5.74, 6) is 1.19. The summed E-state index contributed by atoms with van der Waals surface area (Å²) in [6.45, 7) is 3.79. The molecule has 1 aromatic heterocycles. The molecule has 2 aromatic rings. The Labute approximate surface area is 152 Å². The van der Waals surface area contributed by atoms with E-state index >= 15 is 0 Å². The Kier molecular flexibility index (Phi) is 3.73. The normalized spacial score (nSPS) is 27.4. The quantitative estimate of drug-likeness (QED) is 0.837. The molecule has 0 N–H and O–H groups in total. The number of nitrogens with zero attached hydrogens (tertiary/aromatic N) is 3. The van der Waals surface area contributed by atoms with E-state index in [2.05, 4.69) is 28.0 Å². The molecule has 5 heteroatoms. The highest BCUT2D eigenvalue weighted by atomic mass is 32.1. The van der Waals surface area contributed by atoms with Gasteiger partial charge in [0.15, 0.2) is 5.13 Å². The molecule has 0 radical (unpaired) electrons. The number of piperidine rings is 1. The van der Waals surface area contributed by atoms with E-state index in [9.17, 15) is 4.79 Å². The number of para-hydroxylation sites is 1. The van der Waals surface area contributed by atoms with Crippen LogP contribution in [-0.4, -0.2) is 42.0 Å². The van der Waals surface area contributed by atoms with Gasteiger partial charge in [0.05, 0.1) is 15.6 Å². The zero-order chi connectivity index (χ0) is 16.9. The second-order valence-corrected chi connectivity index (χ2v) is 9.08. The Morgan fingerprint density at radius 2 is 2.04 bits per heavy atom. The van der Waals surface area contributed by atoms with Crippen molar-refractivity contribution >= 4 is 32.6 Å². The number of amides is 1. The number of carbonyl (C=O) groups excluding carboxylic acids is 1. The smallest absolute Gasteiger partial charge is 0.230 e. The second kappa shape index (κ2) is 5.97. The minimum atomic E-state index is -0.153. The first-order valence-corrected chi connectivity index (χ1v) is 10.5. The van der Waals surface area contributed by atoms with Crippen LogP contribution in [0.4, 0.5) is 5.13 Å². The van der Waals surface area contributed by atoms with E-state index in [1.807, 2.05) is 6.07 Å². The van der Waals surface area contributed by atoms with Crippen LogP contribution in [0.3, 0.4) is 0 Å². The summed E-state index contributed by atoms with van der Waals surface area (Å²) in [6, 6.07) is 8.32. The van der Waals surface area contributed by atoms with Gasteiger partial charge in [0.25, 0.3) is 0 Å². The summed E-state index contributed by atoms with van der Waals surface area (Å²) in [6.07, 6.45) is 7.18. The molecule has 2 aliphatic heterocycles. The fourth-order valence-electron chi connectivity index (χ4n) is 4.72. The van der Waals surface area contributed by atoms with Crippen LogP contribution in [0, 0.1) is 11.3 Å². The molecule has 3 heterocycles. The van der Waals surface area contributed by atoms with E-state index in [0.29, 0.717) is 5.91 Å². The summed E-state index contributed by atoms with van der Waals surface area (Å²) in [5, 5.41) is 1.09. The van der Waals surface area contributed by atoms with E-state index in [4.69, 9.17) is 4.98 Å². The fourth-order valence-corrected chi connectivity index (χ4v) is 5.71. The molecule has 0 bridgehead atoms. The van der Waals surface area contributed by atoms with Gasteiger partial charge in [0.2, 0.25) is 5.91 Å². The molecule has 0 unspecified atom stereocenters. The summed E-state index contributed by atoms with van der Waals surface area (Å²) in [4.78, 5) is 22.6. The lowest BCUT2D eigenvalue weighted by Gasteiger charge is -2.42. The van der Waals surface area contributed by atoms with Gasteiger partial charge in [-0.1, -0.05) is 29.9 Å². The van der Waals surface area contributed by atoms with Crippen LogP contribution < -0.4 is 4.90 Å². The van der Waals surface area contributed by atoms with Crippen LogP contribution >= 0.6 is 11.3 Å². The number of aromatic nitrogens is 1. The predicted octanol–water partition coefficient (Wildman–Crippen LogP) is 3.92. The Morgan fingerprint density at radius 3 is 2.84 bits per heavy atom. The maximum Gasteiger partial charge on any atom is 0.230 e. The molecule has 3 fully saturated rings. The largest absolute Gasteiger partial charge is 0.347 e. The Hall–Kier alpha value is -1.62. The van der Waals surface area contributed by atoms with E-state index in [0.717, 1.165) is 62.0 Å². The van der Waals surface area contributed by atoms with Crippen LogP contribution in [0.1, 0.15) is 38.5 Å². The highest BCUT2D eigenvalue weighted by Crippen LogP contribution is 2.43. The monoisotopic (exact) mass is 355 g/mol. The van der Waals surface area contributed by atoms with Crippen LogP contribution in [0.2, 0.25) is 0 Å². The third-order valence-electron chi connectivity index (χ3n) is 6.43. The van der Waals surface area contributed by atoms with E-state index in [1.54, 1.807) is 11.3 Å². The average Bonchev–Trinajstić information content (AvgIpc) is 3.19. The molecule has 3 aliphatic rings. The van der Waals surface area contributed by atoms with Crippen molar-refractivity contribution in [3.05, 3.63) is 24.3 Å². The molecule has 1 spiro atoms. The number of rotatable bonds is 3. The topological polar surface area (TPSA) is 36.4 Å². The standard InChI is InChI=1S/C20H25N3OS/c24-18-20(9-4-11-22(18)13-15-5-3-6-15)10-12-23(14-20)19-21-16-7-1-2-8-17(16)25-19/h1-2,7-8,15H,3-6,9-14H2/t20-/m1/s1. The first-order valence-electron chi connectivity index (χ1n) is 9.63. The second-order valence-electron chi connectivity index (χ2n) is 8.07. The van der Waals surface area contributed by atoms with Crippen LogP contribution in [-0.2, 0) is 4.79 Å². The lowest BCUT2D eigenvalue weighted by Crippen LogP contribution is -2.51. The highest BCUT2D eigenvalue weighted by molar-refractivity contribution is 7.22. The Balaban J connectivity index is 1.35. The van der Waals surface area contributed by atoms with Crippen LogP contribution in [0.5, 0.6) is 0 Å². The van der Waals surface area contributed by atoms with Gasteiger partial charge >= 0.3 is 0 Å². The van der Waals surface area contributed by atoms with Gasteiger partial charge in [-0.15, -0.1) is 0 Å². The molecule has 5 rings (SSSR count). The predicted molar refractivity (Wildman–Crippen MR) is 102 cm³/mol. The van der Waals surface area contributed by atoms with Crippen molar-refractivity contribution in [3.8, 4) is 0 Å². The van der Waals surface area contributed by atoms with Crippen molar-refractivity contribution < 1.29 is 4.79 Å². The van der Waals surface area contributed by atoms with Gasteiger partial charge in [-0.05, 0) is 50.2 Å². The van der Waals surface area contributed by atoms with Crippen molar-refractivity contribution in [1.29, 1.82) is 0 Å². The molecule has 1 aliphatic carbocycles. The number of hydrogen-bond acceptors (Lipinski definition) is 4. The van der Waals surface area contributed by atoms with E-state index in [1.165, 1.54) is 24.0 Å². The van der Waals surface area contributed by atoms with Crippen molar-refractivity contribution in [2.24, 2.45) is 11.3 Å². The first kappa shape index (κ1) is 15.6. The zero-order valence-electron chi connectivity index (χ0n) is 14.6. The fraction of sp³-hybridized carbons (Fsp3) is 0.600. The number of hydrogen-bond donors (Lipinski definition) is 0. The maximum absolute atomic E-state index is 13.3. The molecular formula is C20H25N3OS. The first-order chi connectivity index (χ1) is 12.2. The maximum atomic E-state index is 13.3. The number of likely N-dealkylation sites (tertiary alicyclic amines) is 1. The number of carbonyl (C=O) groups is 1. The van der Waals surface area contributed by atoms with Crippen LogP contribution in [0.25, 0.3) is 10.2 Å².